The molecule has 0 radical (unpaired) electrons. The van der Waals surface area contributed by atoms with Crippen LogP contribution in [0.15, 0.2) is 0 Å². The van der Waals surface area contributed by atoms with Gasteiger partial charge >= 0.3 is 0 Å². The predicted octanol–water partition coefficient (Wildman–Crippen LogP) is 0.971. The molecule has 4 heteroatoms. The minimum atomic E-state index is -3.07. The van der Waals surface area contributed by atoms with Gasteiger partial charge in [-0.3, -0.25) is 0 Å². The van der Waals surface area contributed by atoms with Crippen molar-refractivity contribution in [1.82, 2.24) is 0 Å². The summed E-state index contributed by atoms with van der Waals surface area (Å²) < 4.78 is 22.6. The van der Waals surface area contributed by atoms with Gasteiger partial charge in [0.15, 0.2) is 9.84 Å². The molecule has 0 aromatic heterocycles. The lowest BCUT2D eigenvalue weighted by atomic mass is 9.85. The maximum absolute atomic E-state index is 11.3. The molecule has 1 aliphatic carbocycles. The average molecular weight is 206 g/mol. The summed E-state index contributed by atoms with van der Waals surface area (Å²) in [5.74, 6) is 0.475. The summed E-state index contributed by atoms with van der Waals surface area (Å²) >= 11 is 0. The fraction of sp³-hybridized carbons (Fsp3) is 1.00. The predicted molar refractivity (Wildman–Crippen MR) is 52.3 cm³/mol. The van der Waals surface area contributed by atoms with E-state index in [2.05, 4.69) is 6.92 Å². The Morgan fingerprint density at radius 2 is 2.00 bits per heavy atom. The maximum Gasteiger partial charge on any atom is 0.152 e. The minimum absolute atomic E-state index is 0.475. The van der Waals surface area contributed by atoms with Crippen molar-refractivity contribution in [3.05, 3.63) is 0 Å². The normalized spacial score (nSPS) is 36.1. The van der Waals surface area contributed by atoms with Gasteiger partial charge in [0.05, 0.1) is 11.4 Å². The summed E-state index contributed by atoms with van der Waals surface area (Å²) in [5.41, 5.74) is 0. The number of hydrogen-bond donors (Lipinski definition) is 1. The molecule has 3 atom stereocenters. The summed E-state index contributed by atoms with van der Waals surface area (Å²) in [5, 5.41) is 9.02. The van der Waals surface area contributed by atoms with Crippen LogP contribution in [0.25, 0.3) is 0 Å². The number of sulfone groups is 1. The fourth-order valence-electron chi connectivity index (χ4n) is 2.03. The molecule has 1 rings (SSSR count). The van der Waals surface area contributed by atoms with E-state index in [0.717, 1.165) is 12.8 Å². The Hall–Kier alpha value is -0.0900. The van der Waals surface area contributed by atoms with E-state index in [0.29, 0.717) is 18.8 Å². The average Bonchev–Trinajstić information content (AvgIpc) is 2.03. The van der Waals surface area contributed by atoms with E-state index in [1.165, 1.54) is 6.26 Å². The van der Waals surface area contributed by atoms with Crippen LogP contribution in [0.1, 0.15) is 32.6 Å². The molecular weight excluding hydrogens is 188 g/mol. The summed E-state index contributed by atoms with van der Waals surface area (Å²) in [6.07, 6.45) is 3.83. The summed E-state index contributed by atoms with van der Waals surface area (Å²) in [6.45, 7) is 2.07. The Labute approximate surface area is 80.1 Å². The van der Waals surface area contributed by atoms with Gasteiger partial charge in [-0.2, -0.15) is 0 Å². The van der Waals surface area contributed by atoms with Crippen LogP contribution in [0.5, 0.6) is 0 Å². The van der Waals surface area contributed by atoms with Gasteiger partial charge in [0.2, 0.25) is 0 Å². The Morgan fingerprint density at radius 3 is 2.46 bits per heavy atom. The molecule has 0 aromatic rings. The zero-order valence-electron chi connectivity index (χ0n) is 8.23. The van der Waals surface area contributed by atoms with Crippen LogP contribution < -0.4 is 0 Å². The van der Waals surface area contributed by atoms with Gasteiger partial charge in [0.1, 0.15) is 0 Å². The van der Waals surface area contributed by atoms with Crippen molar-refractivity contribution < 1.29 is 13.5 Å². The zero-order chi connectivity index (χ0) is 10.1. The molecule has 0 spiro atoms. The third-order valence-electron chi connectivity index (χ3n) is 2.99. The van der Waals surface area contributed by atoms with Crippen LogP contribution in [0.3, 0.4) is 0 Å². The summed E-state index contributed by atoms with van der Waals surface area (Å²) in [6, 6.07) is 0. The van der Waals surface area contributed by atoms with Crippen molar-refractivity contribution >= 4 is 9.84 Å². The second kappa shape index (κ2) is 3.96. The first kappa shape index (κ1) is 11.0. The van der Waals surface area contributed by atoms with Gasteiger partial charge in [-0.1, -0.05) is 13.3 Å². The molecule has 13 heavy (non-hydrogen) atoms. The van der Waals surface area contributed by atoms with Crippen LogP contribution in [-0.2, 0) is 9.84 Å². The van der Waals surface area contributed by atoms with E-state index in [-0.39, 0.29) is 0 Å². The standard InChI is InChI=1S/C9H18O3S/c1-3-7-4-5-8(10)9(6-7)13(2,11)12/h7-10H,3-6H2,1-2H3. The van der Waals surface area contributed by atoms with Crippen LogP contribution in [0.2, 0.25) is 0 Å². The highest BCUT2D eigenvalue weighted by Crippen LogP contribution is 2.30. The van der Waals surface area contributed by atoms with Gasteiger partial charge in [-0.15, -0.1) is 0 Å². The SMILES string of the molecule is CCC1CCC(O)C(S(C)(=O)=O)C1. The Kier molecular flexibility index (Phi) is 3.35. The molecule has 0 aliphatic heterocycles. The van der Waals surface area contributed by atoms with Gasteiger partial charge in [-0.05, 0) is 25.2 Å². The molecule has 0 aromatic carbocycles. The Bertz CT molecular complexity index is 258. The van der Waals surface area contributed by atoms with Crippen molar-refractivity contribution in [2.45, 2.75) is 44.0 Å². The highest BCUT2D eigenvalue weighted by atomic mass is 32.2. The molecule has 0 saturated heterocycles. The Morgan fingerprint density at radius 1 is 1.38 bits per heavy atom. The molecule has 3 unspecified atom stereocenters. The van der Waals surface area contributed by atoms with Crippen molar-refractivity contribution in [1.29, 1.82) is 0 Å². The lowest BCUT2D eigenvalue weighted by Gasteiger charge is -2.31. The highest BCUT2D eigenvalue weighted by molar-refractivity contribution is 7.91. The highest BCUT2D eigenvalue weighted by Gasteiger charge is 2.34. The number of hydrogen-bond acceptors (Lipinski definition) is 3. The van der Waals surface area contributed by atoms with E-state index in [4.69, 9.17) is 0 Å². The van der Waals surface area contributed by atoms with E-state index in [1.807, 2.05) is 0 Å². The first-order valence-corrected chi connectivity index (χ1v) is 6.77. The number of rotatable bonds is 2. The largest absolute Gasteiger partial charge is 0.392 e. The molecule has 0 amide bonds. The second-order valence-corrected chi connectivity index (χ2v) is 6.29. The van der Waals surface area contributed by atoms with Crippen LogP contribution >= 0.6 is 0 Å². The van der Waals surface area contributed by atoms with E-state index in [9.17, 15) is 13.5 Å². The van der Waals surface area contributed by atoms with E-state index >= 15 is 0 Å². The molecule has 78 valence electrons. The minimum Gasteiger partial charge on any atom is -0.392 e. The maximum atomic E-state index is 11.3. The zero-order valence-corrected chi connectivity index (χ0v) is 9.05. The van der Waals surface area contributed by atoms with Gasteiger partial charge in [0, 0.05) is 6.26 Å². The van der Waals surface area contributed by atoms with E-state index < -0.39 is 21.2 Å². The molecule has 3 nitrogen and oxygen atoms in total. The topological polar surface area (TPSA) is 54.4 Å². The molecule has 0 heterocycles. The van der Waals surface area contributed by atoms with Crippen LogP contribution in [0, 0.1) is 5.92 Å². The van der Waals surface area contributed by atoms with E-state index in [1.54, 1.807) is 0 Å². The monoisotopic (exact) mass is 206 g/mol. The second-order valence-electron chi connectivity index (χ2n) is 4.02. The lowest BCUT2D eigenvalue weighted by Crippen LogP contribution is -2.39. The first-order chi connectivity index (χ1) is 5.95. The fourth-order valence-corrected chi connectivity index (χ4v) is 3.36. The summed E-state index contributed by atoms with van der Waals surface area (Å²) in [7, 11) is -3.07. The van der Waals surface area contributed by atoms with Crippen molar-refractivity contribution in [2.75, 3.05) is 6.26 Å². The quantitative estimate of drug-likeness (QED) is 0.732. The number of aliphatic hydroxyl groups is 1. The van der Waals surface area contributed by atoms with Gasteiger partial charge in [-0.25, -0.2) is 8.42 Å². The first-order valence-electron chi connectivity index (χ1n) is 4.82. The smallest absolute Gasteiger partial charge is 0.152 e. The van der Waals surface area contributed by atoms with Gasteiger partial charge < -0.3 is 5.11 Å². The lowest BCUT2D eigenvalue weighted by molar-refractivity contribution is 0.111. The van der Waals surface area contributed by atoms with Crippen LogP contribution in [0.4, 0.5) is 0 Å². The molecule has 1 saturated carbocycles. The van der Waals surface area contributed by atoms with Crippen molar-refractivity contribution in [3.8, 4) is 0 Å². The molecule has 0 bridgehead atoms. The molecule has 1 aliphatic rings. The number of aliphatic hydroxyl groups excluding tert-OH is 1. The Balaban J connectivity index is 2.71. The van der Waals surface area contributed by atoms with Crippen molar-refractivity contribution in [3.63, 3.8) is 0 Å². The molecule has 1 fully saturated rings. The van der Waals surface area contributed by atoms with Crippen molar-refractivity contribution in [2.24, 2.45) is 5.92 Å². The third-order valence-corrected chi connectivity index (χ3v) is 4.60. The summed E-state index contributed by atoms with van der Waals surface area (Å²) in [4.78, 5) is 0. The van der Waals surface area contributed by atoms with Gasteiger partial charge in [0.25, 0.3) is 0 Å². The molecule has 1 N–H and O–H groups in total. The van der Waals surface area contributed by atoms with Crippen LogP contribution in [-0.4, -0.2) is 31.1 Å². The molecular formula is C9H18O3S. The third kappa shape index (κ3) is 2.68.